The number of rotatable bonds is 3. The monoisotopic (exact) mass is 187 g/mol. The lowest BCUT2D eigenvalue weighted by Gasteiger charge is -2.16. The van der Waals surface area contributed by atoms with Crippen LogP contribution in [0, 0.1) is 0 Å². The summed E-state index contributed by atoms with van der Waals surface area (Å²) in [6.45, 7) is 0.584. The molecule has 2 aromatic rings. The molecule has 1 aromatic carbocycles. The minimum atomic E-state index is 0.193. The smallest absolute Gasteiger partial charge is 0.0952 e. The maximum absolute atomic E-state index is 5.75. The second-order valence-electron chi connectivity index (χ2n) is 3.17. The van der Waals surface area contributed by atoms with Crippen LogP contribution in [-0.2, 0) is 0 Å². The van der Waals surface area contributed by atoms with Gasteiger partial charge in [0.1, 0.15) is 0 Å². The average Bonchev–Trinajstić information content (AvgIpc) is 2.74. The van der Waals surface area contributed by atoms with Gasteiger partial charge in [-0.1, -0.05) is 30.3 Å². The van der Waals surface area contributed by atoms with Crippen molar-refractivity contribution in [1.29, 1.82) is 0 Å². The predicted molar refractivity (Wildman–Crippen MR) is 55.9 cm³/mol. The number of hydrogen-bond acceptors (Lipinski definition) is 2. The van der Waals surface area contributed by atoms with E-state index in [1.165, 1.54) is 5.56 Å². The molecule has 1 atom stereocenters. The second-order valence-corrected chi connectivity index (χ2v) is 3.17. The molecule has 0 bridgehead atoms. The van der Waals surface area contributed by atoms with E-state index in [4.69, 9.17) is 5.73 Å². The van der Waals surface area contributed by atoms with E-state index < -0.39 is 0 Å². The number of nitrogens with zero attached hydrogens (tertiary/aromatic N) is 2. The van der Waals surface area contributed by atoms with Gasteiger partial charge in [-0.2, -0.15) is 0 Å². The molecule has 3 nitrogen and oxygen atoms in total. The molecule has 14 heavy (non-hydrogen) atoms. The van der Waals surface area contributed by atoms with Crippen LogP contribution in [0.5, 0.6) is 0 Å². The Kier molecular flexibility index (Phi) is 2.60. The molecule has 0 aliphatic carbocycles. The van der Waals surface area contributed by atoms with Crippen LogP contribution in [0.1, 0.15) is 11.6 Å². The van der Waals surface area contributed by atoms with E-state index in [1.807, 2.05) is 29.0 Å². The fourth-order valence-electron chi connectivity index (χ4n) is 1.56. The molecule has 1 heterocycles. The number of aromatic nitrogens is 2. The predicted octanol–water partition coefficient (Wildman–Crippen LogP) is 1.43. The Morgan fingerprint density at radius 2 is 2.07 bits per heavy atom. The topological polar surface area (TPSA) is 43.8 Å². The minimum absolute atomic E-state index is 0.193. The molecule has 0 fully saturated rings. The van der Waals surface area contributed by atoms with Crippen LogP contribution in [0.25, 0.3) is 0 Å². The lowest BCUT2D eigenvalue weighted by atomic mass is 10.1. The zero-order chi connectivity index (χ0) is 9.80. The van der Waals surface area contributed by atoms with E-state index in [1.54, 1.807) is 12.5 Å². The maximum Gasteiger partial charge on any atom is 0.0952 e. The molecule has 2 N–H and O–H groups in total. The molecule has 3 heteroatoms. The molecule has 0 spiro atoms. The van der Waals surface area contributed by atoms with E-state index in [0.717, 1.165) is 0 Å². The zero-order valence-corrected chi connectivity index (χ0v) is 7.88. The van der Waals surface area contributed by atoms with Crippen molar-refractivity contribution in [2.24, 2.45) is 5.73 Å². The van der Waals surface area contributed by atoms with Gasteiger partial charge in [-0.25, -0.2) is 4.98 Å². The summed E-state index contributed by atoms with van der Waals surface area (Å²) >= 11 is 0. The highest BCUT2D eigenvalue weighted by atomic mass is 15.1. The molecule has 0 saturated heterocycles. The standard InChI is InChI=1S/C11H13N3/c12-8-11(14-7-6-13-9-14)10-4-2-1-3-5-10/h1-7,9,11H,8,12H2. The fraction of sp³-hybridized carbons (Fsp3) is 0.182. The molecule has 1 aromatic heterocycles. The van der Waals surface area contributed by atoms with E-state index in [2.05, 4.69) is 17.1 Å². The summed E-state index contributed by atoms with van der Waals surface area (Å²) in [7, 11) is 0. The summed E-state index contributed by atoms with van der Waals surface area (Å²) in [4.78, 5) is 4.02. The lowest BCUT2D eigenvalue weighted by Crippen LogP contribution is -2.19. The van der Waals surface area contributed by atoms with Crippen LogP contribution in [0.2, 0.25) is 0 Å². The third-order valence-corrected chi connectivity index (χ3v) is 2.29. The molecule has 0 radical (unpaired) electrons. The largest absolute Gasteiger partial charge is 0.329 e. The minimum Gasteiger partial charge on any atom is -0.329 e. The van der Waals surface area contributed by atoms with Crippen LogP contribution >= 0.6 is 0 Å². The van der Waals surface area contributed by atoms with Gasteiger partial charge >= 0.3 is 0 Å². The highest BCUT2D eigenvalue weighted by molar-refractivity contribution is 5.20. The SMILES string of the molecule is NCC(c1ccccc1)n1ccnc1. The highest BCUT2D eigenvalue weighted by Crippen LogP contribution is 2.15. The van der Waals surface area contributed by atoms with Gasteiger partial charge in [0.25, 0.3) is 0 Å². The summed E-state index contributed by atoms with van der Waals surface area (Å²) in [5.41, 5.74) is 6.96. The summed E-state index contributed by atoms with van der Waals surface area (Å²) in [5, 5.41) is 0. The van der Waals surface area contributed by atoms with Gasteiger partial charge in [0, 0.05) is 18.9 Å². The molecule has 0 aliphatic heterocycles. The van der Waals surface area contributed by atoms with Crippen LogP contribution in [0.3, 0.4) is 0 Å². The molecule has 0 aliphatic rings. The number of benzene rings is 1. The molecule has 72 valence electrons. The first-order valence-electron chi connectivity index (χ1n) is 4.64. The third-order valence-electron chi connectivity index (χ3n) is 2.29. The molecular weight excluding hydrogens is 174 g/mol. The number of imidazole rings is 1. The van der Waals surface area contributed by atoms with E-state index >= 15 is 0 Å². The Labute approximate surface area is 83.2 Å². The maximum atomic E-state index is 5.75. The summed E-state index contributed by atoms with van der Waals surface area (Å²) < 4.78 is 2.02. The van der Waals surface area contributed by atoms with Crippen LogP contribution in [0.4, 0.5) is 0 Å². The molecule has 0 amide bonds. The normalized spacial score (nSPS) is 12.6. The first-order valence-corrected chi connectivity index (χ1v) is 4.64. The quantitative estimate of drug-likeness (QED) is 0.790. The summed E-state index contributed by atoms with van der Waals surface area (Å²) in [6.07, 6.45) is 5.50. The van der Waals surface area contributed by atoms with Crippen molar-refractivity contribution >= 4 is 0 Å². The summed E-state index contributed by atoms with van der Waals surface area (Å²) in [5.74, 6) is 0. The van der Waals surface area contributed by atoms with Gasteiger partial charge in [0.2, 0.25) is 0 Å². The van der Waals surface area contributed by atoms with Crippen molar-refractivity contribution in [2.75, 3.05) is 6.54 Å². The third kappa shape index (κ3) is 1.67. The van der Waals surface area contributed by atoms with Crippen molar-refractivity contribution < 1.29 is 0 Å². The second kappa shape index (κ2) is 4.07. The van der Waals surface area contributed by atoms with Crippen molar-refractivity contribution in [2.45, 2.75) is 6.04 Å². The fourth-order valence-corrected chi connectivity index (χ4v) is 1.56. The Bertz CT molecular complexity index is 367. The Balaban J connectivity index is 2.31. The Morgan fingerprint density at radius 3 is 2.64 bits per heavy atom. The Hall–Kier alpha value is -1.61. The van der Waals surface area contributed by atoms with E-state index in [-0.39, 0.29) is 6.04 Å². The molecule has 1 unspecified atom stereocenters. The van der Waals surface area contributed by atoms with Gasteiger partial charge in [-0.3, -0.25) is 0 Å². The average molecular weight is 187 g/mol. The van der Waals surface area contributed by atoms with Crippen molar-refractivity contribution in [1.82, 2.24) is 9.55 Å². The number of hydrogen-bond donors (Lipinski definition) is 1. The zero-order valence-electron chi connectivity index (χ0n) is 7.88. The van der Waals surface area contributed by atoms with Gasteiger partial charge in [-0.05, 0) is 5.56 Å². The molecule has 0 saturated carbocycles. The van der Waals surface area contributed by atoms with Crippen LogP contribution < -0.4 is 5.73 Å². The van der Waals surface area contributed by atoms with Gasteiger partial charge in [-0.15, -0.1) is 0 Å². The van der Waals surface area contributed by atoms with Crippen LogP contribution in [-0.4, -0.2) is 16.1 Å². The first kappa shape index (κ1) is 8.97. The first-order chi connectivity index (χ1) is 6.92. The van der Waals surface area contributed by atoms with E-state index in [0.29, 0.717) is 6.54 Å². The van der Waals surface area contributed by atoms with Gasteiger partial charge < -0.3 is 10.3 Å². The van der Waals surface area contributed by atoms with Crippen molar-refractivity contribution in [3.63, 3.8) is 0 Å². The van der Waals surface area contributed by atoms with Gasteiger partial charge in [0.15, 0.2) is 0 Å². The lowest BCUT2D eigenvalue weighted by molar-refractivity contribution is 0.594. The summed E-state index contributed by atoms with van der Waals surface area (Å²) in [6, 6.07) is 10.4. The van der Waals surface area contributed by atoms with Crippen molar-refractivity contribution in [3.05, 3.63) is 54.6 Å². The Morgan fingerprint density at radius 1 is 1.29 bits per heavy atom. The molecular formula is C11H13N3. The highest BCUT2D eigenvalue weighted by Gasteiger charge is 2.09. The van der Waals surface area contributed by atoms with E-state index in [9.17, 15) is 0 Å². The van der Waals surface area contributed by atoms with Gasteiger partial charge in [0.05, 0.1) is 12.4 Å². The number of nitrogens with two attached hydrogens (primary N) is 1. The van der Waals surface area contributed by atoms with Crippen LogP contribution in [0.15, 0.2) is 49.1 Å². The van der Waals surface area contributed by atoms with Crippen molar-refractivity contribution in [3.8, 4) is 0 Å². The molecule has 2 rings (SSSR count).